The molecule has 0 radical (unpaired) electrons. The van der Waals surface area contributed by atoms with Crippen molar-refractivity contribution in [2.75, 3.05) is 7.05 Å². The maximum atomic E-state index is 11.5. The van der Waals surface area contributed by atoms with Crippen LogP contribution in [-0.4, -0.2) is 35.4 Å². The summed E-state index contributed by atoms with van der Waals surface area (Å²) in [6.45, 7) is 1.26. The molecule has 1 N–H and O–H groups in total. The van der Waals surface area contributed by atoms with Gasteiger partial charge in [-0.1, -0.05) is 41.9 Å². The van der Waals surface area contributed by atoms with Crippen molar-refractivity contribution in [1.82, 2.24) is 5.06 Å². The minimum Gasteiger partial charge on any atom is -0.432 e. The predicted molar refractivity (Wildman–Crippen MR) is 101 cm³/mol. The fourth-order valence-electron chi connectivity index (χ4n) is 2.63. The Kier molecular flexibility index (Phi) is 6.37. The lowest BCUT2D eigenvalue weighted by Crippen LogP contribution is -2.41. The molecule has 26 heavy (non-hydrogen) atoms. The molecule has 6 nitrogen and oxygen atoms in total. The van der Waals surface area contributed by atoms with Crippen LogP contribution in [0, 0.1) is 0 Å². The predicted octanol–water partition coefficient (Wildman–Crippen LogP) is 2.16. The molecular formula is C18H17Cl2N3O3. The summed E-state index contributed by atoms with van der Waals surface area (Å²) in [4.78, 5) is 20.0. The molecule has 0 amide bonds. The number of hydrogen-bond acceptors (Lipinski definition) is 5. The lowest BCUT2D eigenvalue weighted by molar-refractivity contribution is -0.172. The van der Waals surface area contributed by atoms with E-state index >= 15 is 0 Å². The molecule has 1 aliphatic heterocycles. The van der Waals surface area contributed by atoms with Gasteiger partial charge in [0.2, 0.25) is 0 Å². The molecule has 0 aromatic heterocycles. The number of esters is 1. The van der Waals surface area contributed by atoms with Crippen LogP contribution < -0.4 is 10.6 Å². The number of ether oxygens (including phenoxy) is 1. The molecule has 0 saturated carbocycles. The van der Waals surface area contributed by atoms with E-state index in [2.05, 4.69) is 9.98 Å². The molecule has 1 unspecified atom stereocenters. The molecule has 136 valence electrons. The highest BCUT2D eigenvalue weighted by Gasteiger charge is 2.30. The highest BCUT2D eigenvalue weighted by atomic mass is 35.5. The molecule has 0 saturated heterocycles. The van der Waals surface area contributed by atoms with E-state index in [1.54, 1.807) is 18.2 Å². The van der Waals surface area contributed by atoms with Gasteiger partial charge < -0.3 is 4.74 Å². The first-order chi connectivity index (χ1) is 12.0. The van der Waals surface area contributed by atoms with E-state index in [9.17, 15) is 10.0 Å². The van der Waals surface area contributed by atoms with Gasteiger partial charge in [0.25, 0.3) is 6.23 Å². The summed E-state index contributed by atoms with van der Waals surface area (Å²) < 4.78 is 5.26. The van der Waals surface area contributed by atoms with Crippen LogP contribution in [-0.2, 0) is 9.53 Å². The maximum Gasteiger partial charge on any atom is 0.305 e. The fraction of sp³-hybridized carbons (Fsp3) is 0.167. The Morgan fingerprint density at radius 2 is 1.96 bits per heavy atom. The lowest BCUT2D eigenvalue weighted by Gasteiger charge is -2.27. The van der Waals surface area contributed by atoms with Gasteiger partial charge in [0.05, 0.1) is 11.1 Å². The van der Waals surface area contributed by atoms with Crippen LogP contribution in [0.1, 0.15) is 12.5 Å². The van der Waals surface area contributed by atoms with E-state index in [0.29, 0.717) is 21.3 Å². The second-order valence-electron chi connectivity index (χ2n) is 5.38. The van der Waals surface area contributed by atoms with Crippen LogP contribution in [0.5, 0.6) is 0 Å². The highest BCUT2D eigenvalue weighted by Crippen LogP contribution is 2.20. The first kappa shape index (κ1) is 19.9. The molecule has 0 aliphatic carbocycles. The van der Waals surface area contributed by atoms with Crippen LogP contribution >= 0.6 is 24.0 Å². The van der Waals surface area contributed by atoms with E-state index in [1.807, 2.05) is 30.3 Å². The summed E-state index contributed by atoms with van der Waals surface area (Å²) in [5, 5.41) is 13.4. The zero-order chi connectivity index (χ0) is 18.0. The van der Waals surface area contributed by atoms with E-state index in [-0.39, 0.29) is 18.2 Å². The highest BCUT2D eigenvalue weighted by molar-refractivity contribution is 6.30. The van der Waals surface area contributed by atoms with Gasteiger partial charge in [-0.3, -0.25) is 15.0 Å². The molecule has 1 atom stereocenters. The van der Waals surface area contributed by atoms with Crippen molar-refractivity contribution in [3.05, 3.63) is 69.7 Å². The Hall–Kier alpha value is -2.41. The van der Waals surface area contributed by atoms with Crippen molar-refractivity contribution in [2.45, 2.75) is 13.2 Å². The monoisotopic (exact) mass is 393 g/mol. The maximum absolute atomic E-state index is 11.5. The first-order valence-corrected chi connectivity index (χ1v) is 7.95. The van der Waals surface area contributed by atoms with Gasteiger partial charge >= 0.3 is 5.97 Å². The summed E-state index contributed by atoms with van der Waals surface area (Å²) >= 11 is 6.15. The Morgan fingerprint density at radius 3 is 2.58 bits per heavy atom. The molecule has 2 aromatic rings. The van der Waals surface area contributed by atoms with Gasteiger partial charge in [0.1, 0.15) is 0 Å². The number of carbonyl (C=O) groups is 1. The summed E-state index contributed by atoms with van der Waals surface area (Å²) in [5.74, 6) is -0.385. The van der Waals surface area contributed by atoms with Gasteiger partial charge in [-0.15, -0.1) is 12.4 Å². The van der Waals surface area contributed by atoms with Gasteiger partial charge in [-0.25, -0.2) is 10.1 Å². The normalized spacial score (nSPS) is 17.7. The quantitative estimate of drug-likeness (QED) is 0.793. The number of fused-ring (bicyclic) bond motifs is 1. The zero-order valence-corrected chi connectivity index (χ0v) is 15.7. The van der Waals surface area contributed by atoms with Crippen molar-refractivity contribution in [1.29, 1.82) is 0 Å². The summed E-state index contributed by atoms with van der Waals surface area (Å²) in [7, 11) is 1.52. The number of amidine groups is 1. The molecule has 8 heteroatoms. The number of hydroxylamine groups is 2. The molecule has 1 heterocycles. The number of nitrogens with zero attached hydrogens (tertiary/aromatic N) is 3. The summed E-state index contributed by atoms with van der Waals surface area (Å²) in [6, 6.07) is 14.4. The van der Waals surface area contributed by atoms with Crippen LogP contribution in [0.4, 0.5) is 0 Å². The average Bonchev–Trinajstić information content (AvgIpc) is 2.70. The van der Waals surface area contributed by atoms with Gasteiger partial charge in [-0.2, -0.15) is 0 Å². The van der Waals surface area contributed by atoms with Crippen molar-refractivity contribution in [3.63, 3.8) is 0 Å². The molecule has 0 spiro atoms. The number of hydrogen-bond donors (Lipinski definition) is 1. The molecule has 2 aromatic carbocycles. The van der Waals surface area contributed by atoms with Crippen LogP contribution in [0.2, 0.25) is 5.02 Å². The van der Waals surface area contributed by atoms with E-state index in [0.717, 1.165) is 10.6 Å². The van der Waals surface area contributed by atoms with Crippen molar-refractivity contribution < 1.29 is 14.7 Å². The molecular weight excluding hydrogens is 377 g/mol. The number of carbonyl (C=O) groups excluding carboxylic acids is 1. The third-order valence-corrected chi connectivity index (χ3v) is 3.91. The van der Waals surface area contributed by atoms with Gasteiger partial charge in [0, 0.05) is 29.8 Å². The second-order valence-corrected chi connectivity index (χ2v) is 5.81. The minimum absolute atomic E-state index is 0. The molecule has 0 fully saturated rings. The second kappa shape index (κ2) is 8.31. The number of rotatable bonds is 2. The van der Waals surface area contributed by atoms with E-state index in [4.69, 9.17) is 16.3 Å². The van der Waals surface area contributed by atoms with Crippen LogP contribution in [0.15, 0.2) is 58.5 Å². The molecule has 0 bridgehead atoms. The minimum atomic E-state index is -1.16. The Labute approximate surface area is 161 Å². The van der Waals surface area contributed by atoms with Crippen LogP contribution in [0.3, 0.4) is 0 Å². The first-order valence-electron chi connectivity index (χ1n) is 7.57. The topological polar surface area (TPSA) is 74.5 Å². The fourth-order valence-corrected chi connectivity index (χ4v) is 2.80. The largest absolute Gasteiger partial charge is 0.432 e. The van der Waals surface area contributed by atoms with Crippen molar-refractivity contribution in [2.24, 2.45) is 9.98 Å². The number of halogens is 2. The standard InChI is InChI=1S/C18H16ClN3O3.ClH/c1-11(23)25-18-17(20-2)21-15-9-8-13(19)10-14(15)16(22(18)24)12-6-4-3-5-7-12;/h3-10,18,24H,1-2H3;1H. The number of aliphatic imine (C=N–C) groups is 1. The van der Waals surface area contributed by atoms with E-state index < -0.39 is 12.2 Å². The van der Waals surface area contributed by atoms with Crippen LogP contribution in [0.25, 0.3) is 5.70 Å². The van der Waals surface area contributed by atoms with Crippen molar-refractivity contribution in [3.8, 4) is 0 Å². The van der Waals surface area contributed by atoms with Gasteiger partial charge in [0.15, 0.2) is 5.84 Å². The lowest BCUT2D eigenvalue weighted by atomic mass is 10.1. The smallest absolute Gasteiger partial charge is 0.305 e. The summed E-state index contributed by atoms with van der Waals surface area (Å²) in [6.07, 6.45) is -1.16. The third kappa shape index (κ3) is 3.88. The van der Waals surface area contributed by atoms with Crippen molar-refractivity contribution >= 4 is 41.5 Å². The molecule has 3 rings (SSSR count). The Balaban J connectivity index is 0.00000243. The average molecular weight is 394 g/mol. The SMILES string of the molecule is CN=C1N=c2ccc(Cl)cc2=C(c2ccccc2)N(O)C1OC(C)=O.Cl. The van der Waals surface area contributed by atoms with E-state index in [1.165, 1.54) is 14.0 Å². The molecule has 1 aliphatic rings. The summed E-state index contributed by atoms with van der Waals surface area (Å²) in [5.41, 5.74) is 1.14. The Morgan fingerprint density at radius 1 is 1.27 bits per heavy atom. The third-order valence-electron chi connectivity index (χ3n) is 3.67. The van der Waals surface area contributed by atoms with Gasteiger partial charge in [-0.05, 0) is 18.2 Å². The zero-order valence-electron chi connectivity index (χ0n) is 14.1. The number of benzene rings is 2. The Bertz CT molecular complexity index is 961.